The zero-order valence-electron chi connectivity index (χ0n) is 56.4. The van der Waals surface area contributed by atoms with E-state index in [0.29, 0.717) is 0 Å². The van der Waals surface area contributed by atoms with Gasteiger partial charge in [-0.15, -0.1) is 0 Å². The SMILES string of the molecule is CC(C)(C)c1cc(N2c3cc4c(ccc5ccccc54)cc3B3c4cc5ccc6ccccc6c5cc4N(c4cc(C(C)(C)C)cc(C(C)(C)C)c4)c4cc(-c5ccc6c(c5)c5c7c(ccc5n6-c5ccccc5)-c5ccccc5C7(C)C)cc2c43)cc(C(C)(C)C)c1. The van der Waals surface area contributed by atoms with Gasteiger partial charge in [0, 0.05) is 56.0 Å². The quantitative estimate of drug-likeness (QED) is 0.129. The molecule has 1 aliphatic carbocycles. The average molecular weight is 1200 g/mol. The van der Waals surface area contributed by atoms with Gasteiger partial charge in [-0.1, -0.05) is 249 Å². The van der Waals surface area contributed by atoms with Crippen LogP contribution in [-0.4, -0.2) is 11.3 Å². The number of para-hydroxylation sites is 1. The van der Waals surface area contributed by atoms with Crippen LogP contribution in [0.25, 0.3) is 92.8 Å². The first-order valence-electron chi connectivity index (χ1n) is 33.7. The van der Waals surface area contributed by atoms with Crippen molar-refractivity contribution in [3.8, 4) is 27.9 Å². The second-order valence-electron chi connectivity index (χ2n) is 31.9. The molecule has 17 rings (SSSR count). The van der Waals surface area contributed by atoms with Crippen LogP contribution in [0.5, 0.6) is 0 Å². The Morgan fingerprint density at radius 1 is 0.323 bits per heavy atom. The zero-order valence-corrected chi connectivity index (χ0v) is 56.4. The molecule has 3 heterocycles. The smallest absolute Gasteiger partial charge is 0.252 e. The van der Waals surface area contributed by atoms with Gasteiger partial charge in [-0.05, 0) is 216 Å². The first-order chi connectivity index (χ1) is 44.4. The van der Waals surface area contributed by atoms with Gasteiger partial charge in [0.15, 0.2) is 0 Å². The highest BCUT2D eigenvalue weighted by molar-refractivity contribution is 7.00. The molecule has 0 atom stereocenters. The third kappa shape index (κ3) is 8.69. The number of fused-ring (bicyclic) bond motifs is 17. The van der Waals surface area contributed by atoms with Crippen molar-refractivity contribution in [3.63, 3.8) is 0 Å². The van der Waals surface area contributed by atoms with Crippen molar-refractivity contribution < 1.29 is 0 Å². The molecule has 0 radical (unpaired) electrons. The number of hydrogen-bond donors (Lipinski definition) is 0. The minimum atomic E-state index is -0.240. The predicted molar refractivity (Wildman–Crippen MR) is 403 cm³/mol. The van der Waals surface area contributed by atoms with Crippen LogP contribution in [0.4, 0.5) is 34.1 Å². The molecule has 14 aromatic rings. The fourth-order valence-electron chi connectivity index (χ4n) is 16.4. The van der Waals surface area contributed by atoms with E-state index in [-0.39, 0.29) is 33.8 Å². The third-order valence-corrected chi connectivity index (χ3v) is 21.4. The van der Waals surface area contributed by atoms with E-state index in [9.17, 15) is 0 Å². The molecule has 3 nitrogen and oxygen atoms in total. The molecule has 93 heavy (non-hydrogen) atoms. The Morgan fingerprint density at radius 3 is 1.30 bits per heavy atom. The van der Waals surface area contributed by atoms with E-state index in [1.165, 1.54) is 171 Å². The van der Waals surface area contributed by atoms with Crippen molar-refractivity contribution in [2.45, 2.75) is 124 Å². The van der Waals surface area contributed by atoms with Crippen molar-refractivity contribution in [2.24, 2.45) is 0 Å². The van der Waals surface area contributed by atoms with E-state index in [1.54, 1.807) is 0 Å². The van der Waals surface area contributed by atoms with Gasteiger partial charge in [-0.3, -0.25) is 0 Å². The van der Waals surface area contributed by atoms with E-state index in [1.807, 2.05) is 0 Å². The Hall–Kier alpha value is -9.64. The van der Waals surface area contributed by atoms with Crippen LogP contribution in [0.1, 0.15) is 130 Å². The van der Waals surface area contributed by atoms with Gasteiger partial charge in [0.25, 0.3) is 6.71 Å². The normalized spacial score (nSPS) is 14.4. The van der Waals surface area contributed by atoms with E-state index < -0.39 is 0 Å². The molecule has 13 aromatic carbocycles. The Labute approximate surface area is 549 Å². The number of benzene rings is 13. The monoisotopic (exact) mass is 1200 g/mol. The third-order valence-electron chi connectivity index (χ3n) is 21.4. The minimum Gasteiger partial charge on any atom is -0.311 e. The van der Waals surface area contributed by atoms with Crippen molar-refractivity contribution in [1.82, 2.24) is 4.57 Å². The summed E-state index contributed by atoms with van der Waals surface area (Å²) >= 11 is 0. The second-order valence-corrected chi connectivity index (χ2v) is 31.9. The number of rotatable bonds is 4. The lowest BCUT2D eigenvalue weighted by Crippen LogP contribution is -2.61. The molecular formula is C89H80BN3. The van der Waals surface area contributed by atoms with Crippen LogP contribution < -0.4 is 26.2 Å². The highest BCUT2D eigenvalue weighted by atomic mass is 15.2. The van der Waals surface area contributed by atoms with Gasteiger partial charge < -0.3 is 14.4 Å². The summed E-state index contributed by atoms with van der Waals surface area (Å²) in [6.07, 6.45) is 0. The summed E-state index contributed by atoms with van der Waals surface area (Å²) in [5.41, 5.74) is 27.0. The molecule has 0 saturated heterocycles. The fourth-order valence-corrected chi connectivity index (χ4v) is 16.4. The van der Waals surface area contributed by atoms with Gasteiger partial charge in [0.2, 0.25) is 0 Å². The number of hydrogen-bond acceptors (Lipinski definition) is 2. The van der Waals surface area contributed by atoms with Gasteiger partial charge in [-0.25, -0.2) is 0 Å². The molecule has 3 aliphatic rings. The maximum absolute atomic E-state index is 2.70. The molecule has 0 fully saturated rings. The first-order valence-corrected chi connectivity index (χ1v) is 33.7. The van der Waals surface area contributed by atoms with E-state index in [4.69, 9.17) is 0 Å². The van der Waals surface area contributed by atoms with E-state index in [2.05, 4.69) is 342 Å². The summed E-state index contributed by atoms with van der Waals surface area (Å²) in [5, 5.41) is 12.6. The summed E-state index contributed by atoms with van der Waals surface area (Å²) in [6, 6.07) is 90.1. The fraction of sp³-hybridized carbons (Fsp3) is 0.213. The Balaban J connectivity index is 1.05. The van der Waals surface area contributed by atoms with Crippen LogP contribution in [-0.2, 0) is 27.1 Å². The van der Waals surface area contributed by atoms with Gasteiger partial charge in [0.05, 0.1) is 11.0 Å². The van der Waals surface area contributed by atoms with E-state index in [0.717, 1.165) is 5.69 Å². The lowest BCUT2D eigenvalue weighted by atomic mass is 9.33. The van der Waals surface area contributed by atoms with Gasteiger partial charge in [-0.2, -0.15) is 0 Å². The molecule has 0 unspecified atom stereocenters. The molecule has 0 spiro atoms. The van der Waals surface area contributed by atoms with Crippen LogP contribution in [0.2, 0.25) is 0 Å². The van der Waals surface area contributed by atoms with Crippen molar-refractivity contribution in [1.29, 1.82) is 0 Å². The molecule has 2 aliphatic heterocycles. The topological polar surface area (TPSA) is 11.4 Å². The summed E-state index contributed by atoms with van der Waals surface area (Å²) in [5.74, 6) is 0. The lowest BCUT2D eigenvalue weighted by molar-refractivity contribution is 0.568. The van der Waals surface area contributed by atoms with Crippen molar-refractivity contribution >= 4 is 122 Å². The molecule has 1 aromatic heterocycles. The van der Waals surface area contributed by atoms with Crippen LogP contribution in [0.15, 0.2) is 231 Å². The molecular weight excluding hydrogens is 1120 g/mol. The van der Waals surface area contributed by atoms with Crippen LogP contribution in [0.3, 0.4) is 0 Å². The maximum Gasteiger partial charge on any atom is 0.252 e. The number of anilines is 6. The van der Waals surface area contributed by atoms with E-state index >= 15 is 0 Å². The lowest BCUT2D eigenvalue weighted by Gasteiger charge is -2.45. The first kappa shape index (κ1) is 57.3. The number of nitrogens with zero attached hydrogens (tertiary/aromatic N) is 3. The Morgan fingerprint density at radius 2 is 0.785 bits per heavy atom. The van der Waals surface area contributed by atoms with Gasteiger partial charge in [0.1, 0.15) is 0 Å². The summed E-state index contributed by atoms with van der Waals surface area (Å²) in [4.78, 5) is 5.41. The molecule has 0 amide bonds. The van der Waals surface area contributed by atoms with Crippen LogP contribution >= 0.6 is 0 Å². The highest BCUT2D eigenvalue weighted by Gasteiger charge is 2.46. The zero-order chi connectivity index (χ0) is 64.2. The second kappa shape index (κ2) is 19.7. The highest BCUT2D eigenvalue weighted by Crippen LogP contribution is 2.55. The molecule has 454 valence electrons. The maximum atomic E-state index is 2.70. The van der Waals surface area contributed by atoms with Gasteiger partial charge >= 0.3 is 0 Å². The molecule has 0 saturated carbocycles. The standard InChI is InChI=1S/C89H80BN3/c1-85(2,3)59-45-60(86(4,5)6)48-64(47-59)92-78-51-70-56(34-32-53-24-18-20-28-66(53)70)41-74(78)90-75-42-57-35-33-54-25-19-21-29-67(54)71(57)52-79(75)93(65-49-61(87(7,8)9)46-62(50-65)88(10,11)12)81-44-58(43-80(92)84(81)90)55-36-38-76-72(40-55)82-77(91(76)63-26-16-15-17-27-63)39-37-69-68-30-22-23-31-73(68)89(13,14)83(69)82/h15-52H,1-14H3. The minimum absolute atomic E-state index is 0.133. The average Bonchev–Trinajstić information content (AvgIpc) is 1.40. The van der Waals surface area contributed by atoms with Crippen molar-refractivity contribution in [3.05, 3.63) is 264 Å². The molecule has 0 bridgehead atoms. The predicted octanol–water partition coefficient (Wildman–Crippen LogP) is 22.6. The molecule has 0 N–H and O–H groups in total. The Bertz CT molecular complexity index is 5240. The Kier molecular flexibility index (Phi) is 12.1. The summed E-state index contributed by atoms with van der Waals surface area (Å²) in [7, 11) is 0. The number of aromatic nitrogens is 1. The van der Waals surface area contributed by atoms with Crippen molar-refractivity contribution in [2.75, 3.05) is 9.80 Å². The summed E-state index contributed by atoms with van der Waals surface area (Å²) < 4.78 is 2.51. The summed E-state index contributed by atoms with van der Waals surface area (Å²) in [6.45, 7) is 33.3. The largest absolute Gasteiger partial charge is 0.311 e. The molecule has 4 heteroatoms. The van der Waals surface area contributed by atoms with Crippen LogP contribution in [0, 0.1) is 0 Å².